The van der Waals surface area contributed by atoms with Gasteiger partial charge < -0.3 is 39.4 Å². The number of carbonyl (C=O) groups is 2. The SMILES string of the molecule is CCCCCCCCCCCCCC(=O)OC[C@H](CO[C@@H]1O[C@H](CO)[C@H](O)C(O)C1O)OC(=O)CCCCCCCCCCC. The molecule has 10 heteroatoms. The number of hydrogen-bond donors (Lipinski definition) is 4. The van der Waals surface area contributed by atoms with Crippen LogP contribution in [0, 0.1) is 0 Å². The number of aliphatic hydroxyl groups excluding tert-OH is 4. The standard InChI is InChI=1S/C35H66O10/c1-3-5-7-9-11-13-14-16-17-19-21-23-30(37)42-26-28(27-43-35-34(41)33(40)32(39)29(25-36)45-35)44-31(38)24-22-20-18-15-12-10-8-6-4-2/h28-29,32-36,39-41H,3-27H2,1-2H3/t28-,29-,32+,33?,34?,35-/m1/s1. The van der Waals surface area contributed by atoms with Crippen molar-refractivity contribution in [2.75, 3.05) is 19.8 Å². The van der Waals surface area contributed by atoms with E-state index >= 15 is 0 Å². The first-order valence-corrected chi connectivity index (χ1v) is 18.1. The number of aliphatic hydroxyl groups is 4. The maximum Gasteiger partial charge on any atom is 0.306 e. The number of ether oxygens (including phenoxy) is 4. The molecule has 10 nitrogen and oxygen atoms in total. The molecule has 0 aromatic carbocycles. The maximum atomic E-state index is 12.6. The lowest BCUT2D eigenvalue weighted by Crippen LogP contribution is -2.59. The van der Waals surface area contributed by atoms with Gasteiger partial charge in [-0.1, -0.05) is 129 Å². The van der Waals surface area contributed by atoms with Gasteiger partial charge in [0.05, 0.1) is 13.2 Å². The normalized spacial score (nSPS) is 22.3. The van der Waals surface area contributed by atoms with Gasteiger partial charge in [-0.2, -0.15) is 0 Å². The van der Waals surface area contributed by atoms with Crippen molar-refractivity contribution in [3.05, 3.63) is 0 Å². The van der Waals surface area contributed by atoms with Crippen LogP contribution in [0.15, 0.2) is 0 Å². The Balaban J connectivity index is 2.42. The Morgan fingerprint density at radius 3 is 1.51 bits per heavy atom. The van der Waals surface area contributed by atoms with Crippen LogP contribution >= 0.6 is 0 Å². The summed E-state index contributed by atoms with van der Waals surface area (Å²) < 4.78 is 22.0. The third-order valence-electron chi connectivity index (χ3n) is 8.49. The first-order chi connectivity index (χ1) is 21.8. The van der Waals surface area contributed by atoms with Crippen LogP contribution in [0.25, 0.3) is 0 Å². The van der Waals surface area contributed by atoms with E-state index in [0.29, 0.717) is 6.42 Å². The first kappa shape index (κ1) is 41.7. The number of esters is 2. The van der Waals surface area contributed by atoms with Crippen LogP contribution < -0.4 is 0 Å². The van der Waals surface area contributed by atoms with Gasteiger partial charge in [0.1, 0.15) is 31.0 Å². The Hall–Kier alpha value is -1.30. The van der Waals surface area contributed by atoms with Crippen LogP contribution in [0.3, 0.4) is 0 Å². The van der Waals surface area contributed by atoms with Gasteiger partial charge in [-0.25, -0.2) is 0 Å². The Kier molecular flexibility index (Phi) is 25.8. The fourth-order valence-corrected chi connectivity index (χ4v) is 5.54. The van der Waals surface area contributed by atoms with Crippen molar-refractivity contribution in [3.63, 3.8) is 0 Å². The van der Waals surface area contributed by atoms with Crippen molar-refractivity contribution in [3.8, 4) is 0 Å². The van der Waals surface area contributed by atoms with Gasteiger partial charge in [0.15, 0.2) is 12.4 Å². The lowest BCUT2D eigenvalue weighted by molar-refractivity contribution is -0.305. The predicted molar refractivity (Wildman–Crippen MR) is 173 cm³/mol. The minimum absolute atomic E-state index is 0.211. The molecule has 45 heavy (non-hydrogen) atoms. The molecule has 0 amide bonds. The topological polar surface area (TPSA) is 152 Å². The molecule has 0 radical (unpaired) electrons. The van der Waals surface area contributed by atoms with E-state index in [2.05, 4.69) is 13.8 Å². The molecule has 1 aliphatic rings. The molecule has 0 bridgehead atoms. The molecule has 1 fully saturated rings. The van der Waals surface area contributed by atoms with Gasteiger partial charge in [0.2, 0.25) is 0 Å². The van der Waals surface area contributed by atoms with Crippen molar-refractivity contribution in [2.45, 2.75) is 192 Å². The average molecular weight is 647 g/mol. The molecular formula is C35H66O10. The summed E-state index contributed by atoms with van der Waals surface area (Å²) in [5, 5.41) is 39.8. The number of hydrogen-bond acceptors (Lipinski definition) is 10. The zero-order valence-corrected chi connectivity index (χ0v) is 28.4. The summed E-state index contributed by atoms with van der Waals surface area (Å²) in [7, 11) is 0. The smallest absolute Gasteiger partial charge is 0.306 e. The minimum Gasteiger partial charge on any atom is -0.462 e. The Morgan fingerprint density at radius 2 is 1.04 bits per heavy atom. The summed E-state index contributed by atoms with van der Waals surface area (Å²) in [6.07, 6.45) is 15.5. The second kappa shape index (κ2) is 27.8. The average Bonchev–Trinajstić information content (AvgIpc) is 3.03. The molecule has 0 spiro atoms. The van der Waals surface area contributed by atoms with Gasteiger partial charge in [-0.15, -0.1) is 0 Å². The highest BCUT2D eigenvalue weighted by Crippen LogP contribution is 2.22. The number of carbonyl (C=O) groups excluding carboxylic acids is 2. The van der Waals surface area contributed by atoms with E-state index in [0.717, 1.165) is 38.5 Å². The second-order valence-electron chi connectivity index (χ2n) is 12.7. The van der Waals surface area contributed by atoms with Crippen molar-refractivity contribution in [1.29, 1.82) is 0 Å². The quantitative estimate of drug-likeness (QED) is 0.0573. The van der Waals surface area contributed by atoms with Crippen molar-refractivity contribution in [1.82, 2.24) is 0 Å². The summed E-state index contributed by atoms with van der Waals surface area (Å²) >= 11 is 0. The van der Waals surface area contributed by atoms with E-state index in [1.54, 1.807) is 0 Å². The number of rotatable bonds is 29. The molecule has 0 aromatic heterocycles. The Labute approximate surface area is 272 Å². The van der Waals surface area contributed by atoms with Crippen LogP contribution in [0.5, 0.6) is 0 Å². The molecule has 2 unspecified atom stereocenters. The molecule has 0 aromatic rings. The van der Waals surface area contributed by atoms with Gasteiger partial charge in [0.25, 0.3) is 0 Å². The Bertz CT molecular complexity index is 719. The maximum absolute atomic E-state index is 12.6. The molecule has 0 aliphatic carbocycles. The molecule has 1 heterocycles. The Morgan fingerprint density at radius 1 is 0.600 bits per heavy atom. The van der Waals surface area contributed by atoms with E-state index in [4.69, 9.17) is 18.9 Å². The van der Waals surface area contributed by atoms with E-state index < -0.39 is 49.4 Å². The first-order valence-electron chi connectivity index (χ1n) is 18.1. The monoisotopic (exact) mass is 646 g/mol. The zero-order chi connectivity index (χ0) is 33.1. The van der Waals surface area contributed by atoms with Crippen LogP contribution in [0.4, 0.5) is 0 Å². The summed E-state index contributed by atoms with van der Waals surface area (Å²) in [5.41, 5.74) is 0. The van der Waals surface area contributed by atoms with E-state index in [9.17, 15) is 30.0 Å². The lowest BCUT2D eigenvalue weighted by Gasteiger charge is -2.39. The van der Waals surface area contributed by atoms with E-state index in [1.807, 2.05) is 0 Å². The van der Waals surface area contributed by atoms with Crippen molar-refractivity contribution >= 4 is 11.9 Å². The van der Waals surface area contributed by atoms with Crippen LogP contribution in [-0.2, 0) is 28.5 Å². The van der Waals surface area contributed by atoms with Crippen LogP contribution in [0.1, 0.15) is 155 Å². The minimum atomic E-state index is -1.59. The van der Waals surface area contributed by atoms with Gasteiger partial charge in [-0.05, 0) is 12.8 Å². The van der Waals surface area contributed by atoms with Gasteiger partial charge in [-0.3, -0.25) is 9.59 Å². The highest BCUT2D eigenvalue weighted by Gasteiger charge is 2.44. The molecular weight excluding hydrogens is 580 g/mol. The highest BCUT2D eigenvalue weighted by molar-refractivity contribution is 5.70. The van der Waals surface area contributed by atoms with Crippen molar-refractivity contribution in [2.24, 2.45) is 0 Å². The molecule has 1 aliphatic heterocycles. The summed E-state index contributed by atoms with van der Waals surface area (Å²) in [6.45, 7) is 3.37. The van der Waals surface area contributed by atoms with Crippen LogP contribution in [-0.4, -0.2) is 89.0 Å². The summed E-state index contributed by atoms with van der Waals surface area (Å²) in [4.78, 5) is 25.0. The fraction of sp³-hybridized carbons (Fsp3) is 0.943. The van der Waals surface area contributed by atoms with E-state index in [-0.39, 0.29) is 32.0 Å². The largest absolute Gasteiger partial charge is 0.462 e. The fourth-order valence-electron chi connectivity index (χ4n) is 5.54. The predicted octanol–water partition coefficient (Wildman–Crippen LogP) is 5.88. The molecule has 0 saturated carbocycles. The molecule has 266 valence electrons. The number of unbranched alkanes of at least 4 members (excludes halogenated alkanes) is 18. The summed E-state index contributed by atoms with van der Waals surface area (Å²) in [5.74, 6) is -0.805. The summed E-state index contributed by atoms with van der Waals surface area (Å²) in [6, 6.07) is 0. The van der Waals surface area contributed by atoms with Crippen LogP contribution in [0.2, 0.25) is 0 Å². The highest BCUT2D eigenvalue weighted by atomic mass is 16.7. The van der Waals surface area contributed by atoms with E-state index in [1.165, 1.54) is 83.5 Å². The zero-order valence-electron chi connectivity index (χ0n) is 28.4. The lowest BCUT2D eigenvalue weighted by atomic mass is 9.99. The second-order valence-corrected chi connectivity index (χ2v) is 12.7. The van der Waals surface area contributed by atoms with Crippen molar-refractivity contribution < 1.29 is 49.0 Å². The molecule has 6 atom stereocenters. The van der Waals surface area contributed by atoms with Gasteiger partial charge >= 0.3 is 11.9 Å². The third kappa shape index (κ3) is 20.5. The third-order valence-corrected chi connectivity index (χ3v) is 8.49. The van der Waals surface area contributed by atoms with Gasteiger partial charge in [0, 0.05) is 12.8 Å². The molecule has 4 N–H and O–H groups in total. The molecule has 1 rings (SSSR count). The molecule has 1 saturated heterocycles.